The number of hydrogen-bond donors (Lipinski definition) is 0. The molecule has 0 radical (unpaired) electrons. The molecule has 4 unspecified atom stereocenters. The maximum absolute atomic E-state index is 13.0. The quantitative estimate of drug-likeness (QED) is 0.681. The van der Waals surface area contributed by atoms with E-state index in [-0.39, 0.29) is 30.9 Å². The van der Waals surface area contributed by atoms with Crippen LogP contribution in [0.15, 0.2) is 54.6 Å². The lowest BCUT2D eigenvalue weighted by Crippen LogP contribution is -2.44. The molecule has 2 aromatic rings. The van der Waals surface area contributed by atoms with Crippen molar-refractivity contribution in [3.05, 3.63) is 77.1 Å². The molecule has 0 bridgehead atoms. The van der Waals surface area contributed by atoms with Crippen molar-refractivity contribution in [1.29, 1.82) is 0 Å². The molecule has 1 saturated heterocycles. The van der Waals surface area contributed by atoms with Gasteiger partial charge >= 0.3 is 6.09 Å². The highest BCUT2D eigenvalue weighted by molar-refractivity contribution is 5.70. The third kappa shape index (κ3) is 3.74. The van der Waals surface area contributed by atoms with Crippen molar-refractivity contribution >= 4 is 11.8 Å². The van der Waals surface area contributed by atoms with Gasteiger partial charge in [0.2, 0.25) is 0 Å². The first kappa shape index (κ1) is 18.5. The van der Waals surface area contributed by atoms with Gasteiger partial charge in [0.05, 0.1) is 18.7 Å². The Hall–Kier alpha value is -2.84. The zero-order valence-electron chi connectivity index (χ0n) is 16.0. The summed E-state index contributed by atoms with van der Waals surface area (Å²) in [4.78, 5) is 18.4. The van der Waals surface area contributed by atoms with E-state index >= 15 is 0 Å². The number of nitrogens with zero attached hydrogens (tertiary/aromatic N) is 2. The molecule has 1 heterocycles. The molecule has 1 aliphatic carbocycles. The van der Waals surface area contributed by atoms with Crippen molar-refractivity contribution in [2.75, 3.05) is 6.61 Å². The molecule has 2 aliphatic rings. The first-order chi connectivity index (χ1) is 13.7. The minimum absolute atomic E-state index is 0.0941. The van der Waals surface area contributed by atoms with Crippen LogP contribution in [-0.2, 0) is 16.1 Å². The summed E-state index contributed by atoms with van der Waals surface area (Å²) in [5, 5.41) is 0. The zero-order chi connectivity index (χ0) is 19.5. The molecular formula is C23H24N2O3. The fourth-order valence-electron chi connectivity index (χ4n) is 4.19. The van der Waals surface area contributed by atoms with Crippen LogP contribution in [0.5, 0.6) is 0 Å². The fourth-order valence-corrected chi connectivity index (χ4v) is 4.19. The van der Waals surface area contributed by atoms with Gasteiger partial charge in [-0.3, -0.25) is 4.90 Å². The summed E-state index contributed by atoms with van der Waals surface area (Å²) in [7, 11) is 0. The van der Waals surface area contributed by atoms with Crippen LogP contribution in [0.1, 0.15) is 36.9 Å². The van der Waals surface area contributed by atoms with Crippen molar-refractivity contribution in [2.24, 2.45) is 5.92 Å². The minimum Gasteiger partial charge on any atom is -0.445 e. The predicted octanol–water partition coefficient (Wildman–Crippen LogP) is 5.11. The van der Waals surface area contributed by atoms with E-state index in [0.717, 1.165) is 24.0 Å². The van der Waals surface area contributed by atoms with E-state index < -0.39 is 0 Å². The molecule has 5 nitrogen and oxygen atoms in total. The van der Waals surface area contributed by atoms with Crippen LogP contribution in [0, 0.1) is 12.5 Å². The van der Waals surface area contributed by atoms with Gasteiger partial charge in [0.25, 0.3) is 0 Å². The van der Waals surface area contributed by atoms with Gasteiger partial charge in [0.15, 0.2) is 5.69 Å². The Labute approximate surface area is 165 Å². The standard InChI is InChI=1S/C23H24N2O3/c1-3-27-22-14-20(17-9-11-18(24-2)12-10-17)25(21-13-19(21)22)23(26)28-15-16-7-5-4-6-8-16/h4-12,19-22H,3,13-15H2,1H3. The number of carbonyl (C=O) groups excluding carboxylic acids is 1. The van der Waals surface area contributed by atoms with Gasteiger partial charge in [-0.05, 0) is 30.9 Å². The minimum atomic E-state index is -0.273. The summed E-state index contributed by atoms with van der Waals surface area (Å²) in [5.41, 5.74) is 2.60. The number of hydrogen-bond acceptors (Lipinski definition) is 3. The zero-order valence-corrected chi connectivity index (χ0v) is 16.0. The topological polar surface area (TPSA) is 43.1 Å². The maximum Gasteiger partial charge on any atom is 0.410 e. The van der Waals surface area contributed by atoms with Gasteiger partial charge in [0, 0.05) is 18.6 Å². The number of ether oxygens (including phenoxy) is 2. The predicted molar refractivity (Wildman–Crippen MR) is 106 cm³/mol. The lowest BCUT2D eigenvalue weighted by atomic mass is 9.93. The van der Waals surface area contributed by atoms with Gasteiger partial charge < -0.3 is 9.47 Å². The first-order valence-electron chi connectivity index (χ1n) is 9.79. The molecule has 0 aromatic heterocycles. The normalized spacial score (nSPS) is 25.5. The molecule has 4 rings (SSSR count). The molecule has 144 valence electrons. The van der Waals surface area contributed by atoms with Crippen LogP contribution in [0.3, 0.4) is 0 Å². The van der Waals surface area contributed by atoms with Crippen LogP contribution < -0.4 is 0 Å². The smallest absolute Gasteiger partial charge is 0.410 e. The van der Waals surface area contributed by atoms with E-state index in [4.69, 9.17) is 16.0 Å². The Bertz CT molecular complexity index is 860. The van der Waals surface area contributed by atoms with Crippen LogP contribution in [-0.4, -0.2) is 29.7 Å². The molecule has 2 fully saturated rings. The van der Waals surface area contributed by atoms with Crippen LogP contribution >= 0.6 is 0 Å². The maximum atomic E-state index is 13.0. The van der Waals surface area contributed by atoms with Crippen molar-refractivity contribution in [3.8, 4) is 0 Å². The summed E-state index contributed by atoms with van der Waals surface area (Å²) in [6, 6.07) is 17.3. The Morgan fingerprint density at radius 3 is 2.57 bits per heavy atom. The summed E-state index contributed by atoms with van der Waals surface area (Å²) in [6.45, 7) is 10.1. The molecule has 1 saturated carbocycles. The highest BCUT2D eigenvalue weighted by Crippen LogP contribution is 2.51. The average Bonchev–Trinajstić information content (AvgIpc) is 3.54. The number of amides is 1. The lowest BCUT2D eigenvalue weighted by Gasteiger charge is -2.38. The molecule has 2 aromatic carbocycles. The summed E-state index contributed by atoms with van der Waals surface area (Å²) in [5.74, 6) is 0.392. The highest BCUT2D eigenvalue weighted by Gasteiger charge is 2.56. The Kier molecular flexibility index (Phi) is 5.31. The van der Waals surface area contributed by atoms with E-state index in [1.807, 2.05) is 66.4 Å². The molecule has 28 heavy (non-hydrogen) atoms. The van der Waals surface area contributed by atoms with Crippen LogP contribution in [0.2, 0.25) is 0 Å². The number of likely N-dealkylation sites (tertiary alicyclic amines) is 1. The number of carbonyl (C=O) groups is 1. The lowest BCUT2D eigenvalue weighted by molar-refractivity contribution is -0.0179. The van der Waals surface area contributed by atoms with Crippen molar-refractivity contribution < 1.29 is 14.3 Å². The number of rotatable bonds is 5. The molecule has 4 atom stereocenters. The fraction of sp³-hybridized carbons (Fsp3) is 0.391. The van der Waals surface area contributed by atoms with E-state index in [1.165, 1.54) is 0 Å². The molecule has 0 spiro atoms. The Morgan fingerprint density at radius 2 is 1.89 bits per heavy atom. The Balaban J connectivity index is 1.54. The van der Waals surface area contributed by atoms with Gasteiger partial charge in [0.1, 0.15) is 6.61 Å². The third-order valence-corrected chi connectivity index (χ3v) is 5.63. The van der Waals surface area contributed by atoms with Crippen molar-refractivity contribution in [2.45, 2.75) is 44.6 Å². The van der Waals surface area contributed by atoms with Crippen LogP contribution in [0.25, 0.3) is 4.85 Å². The number of fused-ring (bicyclic) bond motifs is 1. The summed E-state index contributed by atoms with van der Waals surface area (Å²) < 4.78 is 11.6. The molecule has 1 amide bonds. The van der Waals surface area contributed by atoms with E-state index in [1.54, 1.807) is 0 Å². The average molecular weight is 376 g/mol. The molecular weight excluding hydrogens is 352 g/mol. The molecule has 0 N–H and O–H groups in total. The Morgan fingerprint density at radius 1 is 1.14 bits per heavy atom. The highest BCUT2D eigenvalue weighted by atomic mass is 16.6. The number of benzene rings is 2. The van der Waals surface area contributed by atoms with E-state index in [0.29, 0.717) is 18.2 Å². The molecule has 1 aliphatic heterocycles. The van der Waals surface area contributed by atoms with Gasteiger partial charge in [-0.1, -0.05) is 54.6 Å². The molecule has 5 heteroatoms. The van der Waals surface area contributed by atoms with E-state index in [2.05, 4.69) is 4.85 Å². The SMILES string of the molecule is [C-]#[N+]c1ccc(C2CC(OCC)C3CC3N2C(=O)OCc2ccccc2)cc1. The first-order valence-corrected chi connectivity index (χ1v) is 9.79. The second-order valence-corrected chi connectivity index (χ2v) is 7.36. The largest absolute Gasteiger partial charge is 0.445 e. The van der Waals surface area contributed by atoms with Gasteiger partial charge in [-0.2, -0.15) is 0 Å². The monoisotopic (exact) mass is 376 g/mol. The van der Waals surface area contributed by atoms with Gasteiger partial charge in [-0.25, -0.2) is 9.64 Å². The van der Waals surface area contributed by atoms with Gasteiger partial charge in [-0.15, -0.1) is 0 Å². The second-order valence-electron chi connectivity index (χ2n) is 7.36. The summed E-state index contributed by atoms with van der Waals surface area (Å²) in [6.07, 6.45) is 1.61. The number of piperidine rings is 1. The van der Waals surface area contributed by atoms with Crippen molar-refractivity contribution in [1.82, 2.24) is 4.90 Å². The van der Waals surface area contributed by atoms with Crippen molar-refractivity contribution in [3.63, 3.8) is 0 Å². The van der Waals surface area contributed by atoms with Crippen LogP contribution in [0.4, 0.5) is 10.5 Å². The summed E-state index contributed by atoms with van der Waals surface area (Å²) >= 11 is 0. The second kappa shape index (κ2) is 8.04. The van der Waals surface area contributed by atoms with E-state index in [9.17, 15) is 4.79 Å². The third-order valence-electron chi connectivity index (χ3n) is 5.63.